The Bertz CT molecular complexity index is 409. The number of hydrogen-bond donors (Lipinski definition) is 0. The molecule has 0 aromatic heterocycles. The summed E-state index contributed by atoms with van der Waals surface area (Å²) in [6.45, 7) is 4.56. The molecule has 1 aliphatic rings. The molecule has 0 saturated carbocycles. The molecule has 0 heterocycles. The summed E-state index contributed by atoms with van der Waals surface area (Å²) in [6.07, 6.45) is 11.1. The van der Waals surface area contributed by atoms with Crippen LogP contribution >= 0.6 is 0 Å². The number of hydrogen-bond acceptors (Lipinski definition) is 0. The van der Waals surface area contributed by atoms with Crippen LogP contribution in [0.3, 0.4) is 0 Å². The van der Waals surface area contributed by atoms with E-state index in [4.69, 9.17) is 0 Å². The summed E-state index contributed by atoms with van der Waals surface area (Å²) in [4.78, 5) is 0. The van der Waals surface area contributed by atoms with Gasteiger partial charge in [-0.25, -0.2) is 12.2 Å². The summed E-state index contributed by atoms with van der Waals surface area (Å²) >= 11 is 0. The minimum atomic E-state index is 0. The monoisotopic (exact) mass is 364 g/mol. The predicted molar refractivity (Wildman–Crippen MR) is 69.2 cm³/mol. The molecule has 1 aliphatic carbocycles. The van der Waals surface area contributed by atoms with Crippen LogP contribution in [-0.2, 0) is 27.1 Å². The molecule has 0 radical (unpaired) electrons. The van der Waals surface area contributed by atoms with Crippen molar-refractivity contribution in [3.63, 3.8) is 0 Å². The van der Waals surface area contributed by atoms with Gasteiger partial charge in [0.05, 0.1) is 0 Å². The van der Waals surface area contributed by atoms with Crippen molar-refractivity contribution in [1.29, 1.82) is 0 Å². The van der Waals surface area contributed by atoms with E-state index >= 15 is 0 Å². The first-order valence-electron chi connectivity index (χ1n) is 6.17. The zero-order valence-electron chi connectivity index (χ0n) is 11.8. The van der Waals surface area contributed by atoms with E-state index in [1.54, 1.807) is 0 Å². The summed E-state index contributed by atoms with van der Waals surface area (Å²) in [6, 6.07) is 10.9. The van der Waals surface area contributed by atoms with E-state index in [-0.39, 0.29) is 64.4 Å². The summed E-state index contributed by atoms with van der Waals surface area (Å²) in [7, 11) is 0. The van der Waals surface area contributed by atoms with E-state index in [0.29, 0.717) is 0 Å². The molecular formula is C16H19Cl3Ti. The molecule has 20 heavy (non-hydrogen) atoms. The van der Waals surface area contributed by atoms with E-state index in [1.807, 2.05) is 0 Å². The van der Waals surface area contributed by atoms with Crippen molar-refractivity contribution in [2.75, 3.05) is 0 Å². The van der Waals surface area contributed by atoms with Crippen molar-refractivity contribution in [2.45, 2.75) is 38.5 Å². The van der Waals surface area contributed by atoms with Crippen LogP contribution < -0.4 is 37.2 Å². The maximum Gasteiger partial charge on any atom is 4.00 e. The first kappa shape index (κ1) is 25.3. The molecule has 1 aromatic rings. The maximum absolute atomic E-state index is 3.43. The van der Waals surface area contributed by atoms with E-state index in [2.05, 4.69) is 62.4 Å². The van der Waals surface area contributed by atoms with Crippen LogP contribution in [0.15, 0.2) is 48.1 Å². The Morgan fingerprint density at radius 2 is 1.55 bits per heavy atom. The molecule has 1 aromatic carbocycles. The van der Waals surface area contributed by atoms with Gasteiger partial charge in [-0.1, -0.05) is 50.6 Å². The van der Waals surface area contributed by atoms with E-state index in [1.165, 1.54) is 11.1 Å². The van der Waals surface area contributed by atoms with Gasteiger partial charge in [-0.15, -0.1) is 0 Å². The number of rotatable bonds is 4. The molecule has 4 heteroatoms. The fraction of sp³-hybridized carbons (Fsp3) is 0.375. The molecule has 0 saturated heterocycles. The Morgan fingerprint density at radius 3 is 1.95 bits per heavy atom. The largest absolute Gasteiger partial charge is 4.00 e. The molecule has 0 unspecified atom stereocenters. The van der Waals surface area contributed by atoms with Gasteiger partial charge >= 0.3 is 21.7 Å². The van der Waals surface area contributed by atoms with Gasteiger partial charge in [0.2, 0.25) is 0 Å². The second-order valence-electron chi connectivity index (χ2n) is 4.38. The molecule has 0 fully saturated rings. The van der Waals surface area contributed by atoms with E-state index < -0.39 is 0 Å². The minimum Gasteiger partial charge on any atom is -1.00 e. The van der Waals surface area contributed by atoms with Gasteiger partial charge in [0, 0.05) is 0 Å². The van der Waals surface area contributed by atoms with Crippen molar-refractivity contribution >= 4 is 0 Å². The second-order valence-corrected chi connectivity index (χ2v) is 4.38. The smallest absolute Gasteiger partial charge is 1.00 e. The average Bonchev–Trinajstić information content (AvgIpc) is 2.87. The Morgan fingerprint density at radius 1 is 1.00 bits per heavy atom. The van der Waals surface area contributed by atoms with Gasteiger partial charge in [0.15, 0.2) is 0 Å². The van der Waals surface area contributed by atoms with E-state index in [0.717, 1.165) is 19.3 Å². The van der Waals surface area contributed by atoms with Crippen molar-refractivity contribution in [3.05, 3.63) is 59.7 Å². The van der Waals surface area contributed by atoms with Crippen LogP contribution in [0, 0.1) is 6.08 Å². The third kappa shape index (κ3) is 4.93. The van der Waals surface area contributed by atoms with Crippen LogP contribution in [0.4, 0.5) is 0 Å². The summed E-state index contributed by atoms with van der Waals surface area (Å²) in [5.41, 5.74) is 3.08. The fourth-order valence-electron chi connectivity index (χ4n) is 2.75. The Hall–Kier alpha value is 0.284. The molecule has 108 valence electrons. The topological polar surface area (TPSA) is 0 Å². The molecule has 2 rings (SSSR count). The quantitative estimate of drug-likeness (QED) is 0.372. The fourth-order valence-corrected chi connectivity index (χ4v) is 2.75. The molecule has 0 amide bonds. The minimum absolute atomic E-state index is 0. The van der Waals surface area contributed by atoms with E-state index in [9.17, 15) is 0 Å². The molecule has 0 N–H and O–H groups in total. The van der Waals surface area contributed by atoms with Crippen LogP contribution in [0.2, 0.25) is 0 Å². The van der Waals surface area contributed by atoms with Gasteiger partial charge in [-0.05, 0) is 23.8 Å². The number of benzene rings is 1. The summed E-state index contributed by atoms with van der Waals surface area (Å²) in [5.74, 6) is 0. The first-order valence-corrected chi connectivity index (χ1v) is 6.17. The van der Waals surface area contributed by atoms with Gasteiger partial charge in [0.1, 0.15) is 0 Å². The van der Waals surface area contributed by atoms with Crippen molar-refractivity contribution in [3.8, 4) is 0 Å². The van der Waals surface area contributed by atoms with Crippen LogP contribution in [0.25, 0.3) is 0 Å². The first-order chi connectivity index (χ1) is 7.83. The predicted octanol–water partition coefficient (Wildman–Crippen LogP) is -4.56. The summed E-state index contributed by atoms with van der Waals surface area (Å²) < 4.78 is 0. The van der Waals surface area contributed by atoms with Crippen LogP contribution in [0.1, 0.15) is 38.7 Å². The maximum atomic E-state index is 3.43. The van der Waals surface area contributed by atoms with Gasteiger partial charge in [0.25, 0.3) is 0 Å². The average molecular weight is 366 g/mol. The van der Waals surface area contributed by atoms with Gasteiger partial charge in [-0.3, -0.25) is 6.08 Å². The molecule has 0 atom stereocenters. The number of allylic oxidation sites excluding steroid dienone is 4. The Balaban J connectivity index is -0.000000722. The molecule has 0 aliphatic heterocycles. The van der Waals surface area contributed by atoms with Crippen LogP contribution in [-0.4, -0.2) is 0 Å². The zero-order chi connectivity index (χ0) is 11.4. The molecular weight excluding hydrogens is 346 g/mol. The van der Waals surface area contributed by atoms with Gasteiger partial charge < -0.3 is 37.2 Å². The van der Waals surface area contributed by atoms with Gasteiger partial charge in [-0.2, -0.15) is 5.57 Å². The molecule has 0 bridgehead atoms. The number of halogens is 3. The van der Waals surface area contributed by atoms with Crippen molar-refractivity contribution < 1.29 is 58.9 Å². The molecule has 0 spiro atoms. The normalized spacial score (nSPS) is 12.2. The standard InChI is InChI=1S/C16H19.3ClH.Ti/c1-3-16(4-2,15-12-8-9-13-15)14-10-6-5-7-11-14;;;;/h5-11H,3-4,12H2,1-2H3;3*1H;/q-1;;;;+4/p-3. The second kappa shape index (κ2) is 11.9. The van der Waals surface area contributed by atoms with Crippen LogP contribution in [0.5, 0.6) is 0 Å². The third-order valence-electron chi connectivity index (χ3n) is 3.81. The Labute approximate surface area is 156 Å². The SMILES string of the molecule is CCC(CC)(C1=[C-]C=CC1)c1ccccc1.[Cl-].[Cl-].[Cl-].[Ti+4]. The Kier molecular flexibility index (Phi) is 15.0. The van der Waals surface area contributed by atoms with Crippen molar-refractivity contribution in [1.82, 2.24) is 0 Å². The zero-order valence-corrected chi connectivity index (χ0v) is 15.6. The summed E-state index contributed by atoms with van der Waals surface area (Å²) in [5, 5.41) is 0. The third-order valence-corrected chi connectivity index (χ3v) is 3.81. The van der Waals surface area contributed by atoms with Crippen molar-refractivity contribution in [2.24, 2.45) is 0 Å². The molecule has 0 nitrogen and oxygen atoms in total.